The van der Waals surface area contributed by atoms with E-state index in [1.54, 1.807) is 90.1 Å². The van der Waals surface area contributed by atoms with Crippen LogP contribution in [-0.2, 0) is 9.47 Å². The third kappa shape index (κ3) is 8.93. The number of nitrogens with one attached hydrogen (secondary N) is 4. The Morgan fingerprint density at radius 3 is 1.15 bits per heavy atom. The Labute approximate surface area is 274 Å². The Balaban J connectivity index is 1.25. The van der Waals surface area contributed by atoms with Crippen molar-refractivity contribution < 1.29 is 28.7 Å². The zero-order valence-corrected chi connectivity index (χ0v) is 27.0. The second kappa shape index (κ2) is 13.2. The van der Waals surface area contributed by atoms with E-state index < -0.39 is 35.2 Å². The Morgan fingerprint density at radius 1 is 0.479 bits per heavy atom. The third-order valence-electron chi connectivity index (χ3n) is 6.06. The largest absolute Gasteiger partial charge is 0.444 e. The second-order valence-electron chi connectivity index (χ2n) is 12.4. The standard InChI is InChI=1S/C33H33N9O6/c1-32(2,3)47-30(45)41-24-16-12-18-10-14-22(35-26(18)37-24)39-28(43)20-8-7-9-21(34-20)29(44)40-23-15-11-19-13-17-25(38-27(19)36-23)42-31(46)48-33(4,5)6/h7-17H,1-6H3,(H2,35,37,39,41,43,45)(H2,36,38,40,42,44,46). The molecule has 0 bridgehead atoms. The van der Waals surface area contributed by atoms with Gasteiger partial charge in [-0.25, -0.2) is 34.5 Å². The van der Waals surface area contributed by atoms with E-state index in [9.17, 15) is 19.2 Å². The molecule has 246 valence electrons. The van der Waals surface area contributed by atoms with Crippen LogP contribution in [0, 0.1) is 0 Å². The summed E-state index contributed by atoms with van der Waals surface area (Å²) in [6, 6.07) is 17.7. The fourth-order valence-electron chi connectivity index (χ4n) is 4.14. The first-order valence-corrected chi connectivity index (χ1v) is 14.8. The molecule has 15 heteroatoms. The van der Waals surface area contributed by atoms with Crippen molar-refractivity contribution in [3.8, 4) is 0 Å². The smallest absolute Gasteiger partial charge is 0.413 e. The van der Waals surface area contributed by atoms with Crippen LogP contribution in [0.5, 0.6) is 0 Å². The minimum atomic E-state index is -0.679. The van der Waals surface area contributed by atoms with Crippen LogP contribution < -0.4 is 21.3 Å². The predicted molar refractivity (Wildman–Crippen MR) is 179 cm³/mol. The zero-order valence-electron chi connectivity index (χ0n) is 27.0. The number of ether oxygens (including phenoxy) is 2. The van der Waals surface area contributed by atoms with Gasteiger partial charge in [0.15, 0.2) is 11.3 Å². The molecule has 5 aromatic heterocycles. The fourth-order valence-corrected chi connectivity index (χ4v) is 4.14. The highest BCUT2D eigenvalue weighted by atomic mass is 16.6. The maximum Gasteiger partial charge on any atom is 0.413 e. The van der Waals surface area contributed by atoms with E-state index in [-0.39, 0.29) is 46.0 Å². The van der Waals surface area contributed by atoms with Crippen LogP contribution in [0.25, 0.3) is 22.1 Å². The molecule has 5 aromatic rings. The molecule has 0 radical (unpaired) electrons. The number of hydrogen-bond donors (Lipinski definition) is 4. The van der Waals surface area contributed by atoms with Gasteiger partial charge in [-0.2, -0.15) is 0 Å². The van der Waals surface area contributed by atoms with Gasteiger partial charge >= 0.3 is 12.2 Å². The number of rotatable bonds is 6. The molecule has 0 saturated carbocycles. The van der Waals surface area contributed by atoms with Crippen LogP contribution in [0.15, 0.2) is 66.7 Å². The molecule has 4 N–H and O–H groups in total. The number of anilines is 4. The van der Waals surface area contributed by atoms with Crippen molar-refractivity contribution in [2.24, 2.45) is 0 Å². The van der Waals surface area contributed by atoms with Crippen LogP contribution in [-0.4, -0.2) is 60.1 Å². The monoisotopic (exact) mass is 651 g/mol. The van der Waals surface area contributed by atoms with Crippen molar-refractivity contribution in [3.05, 3.63) is 78.1 Å². The van der Waals surface area contributed by atoms with Crippen LogP contribution in [0.4, 0.5) is 32.9 Å². The summed E-state index contributed by atoms with van der Waals surface area (Å²) >= 11 is 0. The number of amides is 4. The maximum atomic E-state index is 13.1. The van der Waals surface area contributed by atoms with E-state index >= 15 is 0 Å². The molecule has 5 rings (SSSR count). The summed E-state index contributed by atoms with van der Waals surface area (Å²) in [5, 5.41) is 11.8. The predicted octanol–water partition coefficient (Wildman–Crippen LogP) is 6.17. The van der Waals surface area contributed by atoms with E-state index in [4.69, 9.17) is 9.47 Å². The van der Waals surface area contributed by atoms with Gasteiger partial charge in [0.2, 0.25) is 0 Å². The van der Waals surface area contributed by atoms with E-state index in [2.05, 4.69) is 46.2 Å². The number of nitrogens with zero attached hydrogens (tertiary/aromatic N) is 5. The van der Waals surface area contributed by atoms with Crippen LogP contribution in [0.3, 0.4) is 0 Å². The van der Waals surface area contributed by atoms with Crippen LogP contribution in [0.2, 0.25) is 0 Å². The maximum absolute atomic E-state index is 13.1. The van der Waals surface area contributed by atoms with Gasteiger partial charge in [0.05, 0.1) is 0 Å². The molecule has 0 aromatic carbocycles. The van der Waals surface area contributed by atoms with Gasteiger partial charge in [0, 0.05) is 10.8 Å². The summed E-state index contributed by atoms with van der Waals surface area (Å²) in [6.07, 6.45) is -1.33. The molecule has 0 aliphatic carbocycles. The number of carbonyl (C=O) groups is 4. The molecule has 4 amide bonds. The molecule has 48 heavy (non-hydrogen) atoms. The Kier molecular flexibility index (Phi) is 9.13. The van der Waals surface area contributed by atoms with Crippen molar-refractivity contribution in [1.29, 1.82) is 0 Å². The molecule has 0 unspecified atom stereocenters. The molecule has 0 spiro atoms. The lowest BCUT2D eigenvalue weighted by Crippen LogP contribution is -2.27. The molecule has 0 fully saturated rings. The van der Waals surface area contributed by atoms with E-state index in [1.165, 1.54) is 18.2 Å². The first-order chi connectivity index (χ1) is 22.6. The van der Waals surface area contributed by atoms with Gasteiger partial charge < -0.3 is 20.1 Å². The van der Waals surface area contributed by atoms with Crippen molar-refractivity contribution in [2.45, 2.75) is 52.7 Å². The summed E-state index contributed by atoms with van der Waals surface area (Å²) in [5.74, 6) is -0.417. The zero-order chi connectivity index (χ0) is 34.6. The first kappa shape index (κ1) is 33.1. The van der Waals surface area contributed by atoms with Crippen molar-refractivity contribution in [1.82, 2.24) is 24.9 Å². The van der Waals surface area contributed by atoms with Crippen LogP contribution >= 0.6 is 0 Å². The van der Waals surface area contributed by atoms with Gasteiger partial charge in [0.25, 0.3) is 11.8 Å². The van der Waals surface area contributed by atoms with Gasteiger partial charge in [-0.15, -0.1) is 0 Å². The van der Waals surface area contributed by atoms with Gasteiger partial charge in [-0.1, -0.05) is 6.07 Å². The average molecular weight is 652 g/mol. The number of carbonyl (C=O) groups excluding carboxylic acids is 4. The third-order valence-corrected chi connectivity index (χ3v) is 6.06. The summed E-state index contributed by atoms with van der Waals surface area (Å²) in [7, 11) is 0. The van der Waals surface area contributed by atoms with Crippen molar-refractivity contribution in [3.63, 3.8) is 0 Å². The quantitative estimate of drug-likeness (QED) is 0.164. The minimum Gasteiger partial charge on any atom is -0.444 e. The first-order valence-electron chi connectivity index (χ1n) is 14.8. The highest BCUT2D eigenvalue weighted by molar-refractivity contribution is 6.06. The topological polar surface area (TPSA) is 199 Å². The lowest BCUT2D eigenvalue weighted by Gasteiger charge is -2.19. The molecule has 15 nitrogen and oxygen atoms in total. The van der Waals surface area contributed by atoms with Crippen LogP contribution in [0.1, 0.15) is 62.5 Å². The van der Waals surface area contributed by atoms with E-state index in [0.29, 0.717) is 10.8 Å². The Hall–Kier alpha value is -6.25. The molecular weight excluding hydrogens is 618 g/mol. The van der Waals surface area contributed by atoms with E-state index in [0.717, 1.165) is 0 Å². The molecule has 0 aliphatic rings. The summed E-state index contributed by atoms with van der Waals surface area (Å²) in [4.78, 5) is 72.0. The van der Waals surface area contributed by atoms with Gasteiger partial charge in [-0.05, 0) is 102 Å². The highest BCUT2D eigenvalue weighted by Gasteiger charge is 2.19. The Morgan fingerprint density at radius 2 is 0.812 bits per heavy atom. The summed E-state index contributed by atoms with van der Waals surface area (Å²) in [6.45, 7) is 10.5. The molecule has 0 saturated heterocycles. The fraction of sp³-hybridized carbons (Fsp3) is 0.242. The SMILES string of the molecule is CC(C)(C)OC(=O)Nc1ccc2ccc(NC(=O)c3cccc(C(=O)Nc4ccc5ccc(NC(=O)OC(C)(C)C)nc5n4)n3)nc2n1. The van der Waals surface area contributed by atoms with Crippen molar-refractivity contribution >= 4 is 69.3 Å². The number of hydrogen-bond acceptors (Lipinski definition) is 11. The van der Waals surface area contributed by atoms with E-state index in [1.807, 2.05) is 0 Å². The van der Waals surface area contributed by atoms with Crippen molar-refractivity contribution in [2.75, 3.05) is 21.3 Å². The van der Waals surface area contributed by atoms with Gasteiger partial charge in [-0.3, -0.25) is 20.2 Å². The Bertz CT molecular complexity index is 1910. The lowest BCUT2D eigenvalue weighted by atomic mass is 10.2. The minimum absolute atomic E-state index is 0.0381. The van der Waals surface area contributed by atoms with Gasteiger partial charge in [0.1, 0.15) is 45.9 Å². The number of fused-ring (bicyclic) bond motifs is 2. The highest BCUT2D eigenvalue weighted by Crippen LogP contribution is 2.20. The summed E-state index contributed by atoms with van der Waals surface area (Å²) in [5.41, 5.74) is -0.893. The number of pyridine rings is 5. The lowest BCUT2D eigenvalue weighted by molar-refractivity contribution is 0.0624. The number of aromatic nitrogens is 5. The molecule has 0 atom stereocenters. The average Bonchev–Trinajstić information content (AvgIpc) is 2.99. The summed E-state index contributed by atoms with van der Waals surface area (Å²) < 4.78 is 10.5. The normalized spacial score (nSPS) is 11.5. The molecular formula is C33H33N9O6. The molecule has 5 heterocycles. The second-order valence-corrected chi connectivity index (χ2v) is 12.4. The molecule has 0 aliphatic heterocycles.